The first-order chi connectivity index (χ1) is 9.35. The lowest BCUT2D eigenvalue weighted by Gasteiger charge is -2.33. The average molecular weight is 278 g/mol. The van der Waals surface area contributed by atoms with Gasteiger partial charge in [-0.3, -0.25) is 0 Å². The second-order valence-corrected chi connectivity index (χ2v) is 6.08. The minimum absolute atomic E-state index is 0.238. The summed E-state index contributed by atoms with van der Waals surface area (Å²) in [5.74, 6) is 0.635. The van der Waals surface area contributed by atoms with E-state index in [4.69, 9.17) is 10.5 Å². The Morgan fingerprint density at radius 3 is 2.60 bits per heavy atom. The fourth-order valence-electron chi connectivity index (χ4n) is 2.30. The van der Waals surface area contributed by atoms with E-state index >= 15 is 0 Å². The van der Waals surface area contributed by atoms with Gasteiger partial charge in [0.2, 0.25) is 5.95 Å². The molecule has 1 aromatic rings. The Hall–Kier alpha value is -1.85. The van der Waals surface area contributed by atoms with Gasteiger partial charge in [0, 0.05) is 30.9 Å². The second-order valence-electron chi connectivity index (χ2n) is 6.08. The number of rotatable bonds is 1. The molecule has 0 aliphatic carbocycles. The van der Waals surface area contributed by atoms with Gasteiger partial charge in [0.1, 0.15) is 5.60 Å². The van der Waals surface area contributed by atoms with Gasteiger partial charge in [-0.2, -0.15) is 0 Å². The summed E-state index contributed by atoms with van der Waals surface area (Å²) in [6, 6.07) is 1.89. The Bertz CT molecular complexity index is 476. The van der Waals surface area contributed by atoms with Crippen molar-refractivity contribution >= 4 is 12.0 Å². The fourth-order valence-corrected chi connectivity index (χ4v) is 2.30. The molecule has 6 heteroatoms. The highest BCUT2D eigenvalue weighted by Crippen LogP contribution is 2.27. The summed E-state index contributed by atoms with van der Waals surface area (Å²) in [6.45, 7) is 7.00. The van der Waals surface area contributed by atoms with Crippen LogP contribution in [0.3, 0.4) is 0 Å². The first kappa shape index (κ1) is 14.6. The van der Waals surface area contributed by atoms with Crippen LogP contribution in [0.4, 0.5) is 10.7 Å². The molecule has 1 aliphatic heterocycles. The van der Waals surface area contributed by atoms with Crippen molar-refractivity contribution in [3.05, 3.63) is 18.0 Å². The van der Waals surface area contributed by atoms with Gasteiger partial charge in [0.15, 0.2) is 0 Å². The third-order valence-corrected chi connectivity index (χ3v) is 3.26. The highest BCUT2D eigenvalue weighted by Gasteiger charge is 2.27. The number of carbonyl (C=O) groups excluding carboxylic acids is 1. The summed E-state index contributed by atoms with van der Waals surface area (Å²) < 4.78 is 5.38. The molecule has 1 saturated heterocycles. The van der Waals surface area contributed by atoms with E-state index in [0.717, 1.165) is 18.5 Å². The zero-order chi connectivity index (χ0) is 14.8. The minimum atomic E-state index is -0.449. The van der Waals surface area contributed by atoms with Gasteiger partial charge in [0.25, 0.3) is 0 Å². The first-order valence-electron chi connectivity index (χ1n) is 6.91. The lowest BCUT2D eigenvalue weighted by atomic mass is 9.93. The Kier molecular flexibility index (Phi) is 4.11. The van der Waals surface area contributed by atoms with E-state index in [1.165, 1.54) is 0 Å². The number of amides is 1. The fraction of sp³-hybridized carbons (Fsp3) is 0.643. The number of likely N-dealkylation sites (tertiary alicyclic amines) is 1. The number of carbonyl (C=O) groups is 1. The molecule has 0 radical (unpaired) electrons. The maximum absolute atomic E-state index is 12.0. The van der Waals surface area contributed by atoms with Crippen molar-refractivity contribution in [3.8, 4) is 0 Å². The van der Waals surface area contributed by atoms with Gasteiger partial charge in [-0.15, -0.1) is 0 Å². The number of hydrogen-bond acceptors (Lipinski definition) is 5. The zero-order valence-electron chi connectivity index (χ0n) is 12.3. The number of hydrogen-bond donors (Lipinski definition) is 1. The molecular formula is C14H22N4O2. The second kappa shape index (κ2) is 5.64. The molecule has 2 N–H and O–H groups in total. The van der Waals surface area contributed by atoms with Gasteiger partial charge in [0.05, 0.1) is 0 Å². The maximum Gasteiger partial charge on any atom is 0.410 e. The molecule has 0 unspecified atom stereocenters. The Morgan fingerprint density at radius 1 is 1.40 bits per heavy atom. The van der Waals surface area contributed by atoms with Crippen LogP contribution in [0.25, 0.3) is 0 Å². The highest BCUT2D eigenvalue weighted by molar-refractivity contribution is 5.68. The largest absolute Gasteiger partial charge is 0.444 e. The highest BCUT2D eigenvalue weighted by atomic mass is 16.6. The van der Waals surface area contributed by atoms with Crippen LogP contribution in [0.15, 0.2) is 12.3 Å². The van der Waals surface area contributed by atoms with Crippen LogP contribution in [0, 0.1) is 0 Å². The van der Waals surface area contributed by atoms with Gasteiger partial charge < -0.3 is 15.4 Å². The molecule has 1 aromatic heterocycles. The van der Waals surface area contributed by atoms with Crippen LogP contribution in [-0.2, 0) is 4.74 Å². The lowest BCUT2D eigenvalue weighted by molar-refractivity contribution is 0.0204. The molecule has 6 nitrogen and oxygen atoms in total. The monoisotopic (exact) mass is 278 g/mol. The van der Waals surface area contributed by atoms with E-state index in [1.54, 1.807) is 11.1 Å². The Morgan fingerprint density at radius 2 is 2.05 bits per heavy atom. The smallest absolute Gasteiger partial charge is 0.410 e. The number of nitrogens with two attached hydrogens (primary N) is 1. The molecule has 1 aliphatic rings. The Labute approximate surface area is 119 Å². The van der Waals surface area contributed by atoms with Crippen LogP contribution >= 0.6 is 0 Å². The first-order valence-corrected chi connectivity index (χ1v) is 6.91. The van der Waals surface area contributed by atoms with E-state index in [1.807, 2.05) is 26.8 Å². The van der Waals surface area contributed by atoms with Crippen molar-refractivity contribution in [2.75, 3.05) is 18.8 Å². The molecule has 0 aromatic carbocycles. The zero-order valence-corrected chi connectivity index (χ0v) is 12.3. The molecular weight excluding hydrogens is 256 g/mol. The molecule has 1 fully saturated rings. The number of nitrogen functional groups attached to an aromatic ring is 1. The third kappa shape index (κ3) is 3.82. The predicted octanol–water partition coefficient (Wildman–Crippen LogP) is 2.17. The summed E-state index contributed by atoms with van der Waals surface area (Å²) in [4.78, 5) is 21.9. The number of aromatic nitrogens is 2. The minimum Gasteiger partial charge on any atom is -0.444 e. The van der Waals surface area contributed by atoms with E-state index in [0.29, 0.717) is 25.0 Å². The molecule has 2 heterocycles. The van der Waals surface area contributed by atoms with Crippen molar-refractivity contribution in [1.82, 2.24) is 14.9 Å². The quantitative estimate of drug-likeness (QED) is 0.851. The van der Waals surface area contributed by atoms with Crippen LogP contribution < -0.4 is 5.73 Å². The van der Waals surface area contributed by atoms with Gasteiger partial charge >= 0.3 is 6.09 Å². The average Bonchev–Trinajstić information content (AvgIpc) is 2.37. The van der Waals surface area contributed by atoms with Crippen LogP contribution in [-0.4, -0.2) is 39.7 Å². The number of anilines is 1. The van der Waals surface area contributed by atoms with Gasteiger partial charge in [-0.25, -0.2) is 14.8 Å². The molecule has 2 rings (SSSR count). The molecule has 110 valence electrons. The molecule has 0 spiro atoms. The third-order valence-electron chi connectivity index (χ3n) is 3.26. The van der Waals surface area contributed by atoms with E-state index in [-0.39, 0.29) is 6.09 Å². The normalized spacial score (nSPS) is 17.1. The van der Waals surface area contributed by atoms with E-state index in [2.05, 4.69) is 9.97 Å². The van der Waals surface area contributed by atoms with Crippen molar-refractivity contribution in [2.45, 2.75) is 45.1 Å². The molecule has 0 atom stereocenters. The van der Waals surface area contributed by atoms with Gasteiger partial charge in [-0.05, 0) is 39.7 Å². The Balaban J connectivity index is 1.91. The van der Waals surface area contributed by atoms with E-state index < -0.39 is 5.60 Å². The van der Waals surface area contributed by atoms with Crippen LogP contribution in [0.1, 0.15) is 45.2 Å². The number of piperidine rings is 1. The number of nitrogens with zero attached hydrogens (tertiary/aromatic N) is 3. The summed E-state index contributed by atoms with van der Waals surface area (Å²) in [7, 11) is 0. The SMILES string of the molecule is CC(C)(C)OC(=O)N1CCC(c2ccnc(N)n2)CC1. The van der Waals surface area contributed by atoms with Crippen LogP contribution in [0.2, 0.25) is 0 Å². The number of ether oxygens (including phenoxy) is 1. The summed E-state index contributed by atoms with van der Waals surface area (Å²) in [6.07, 6.45) is 3.18. The molecule has 20 heavy (non-hydrogen) atoms. The van der Waals surface area contributed by atoms with Crippen molar-refractivity contribution in [3.63, 3.8) is 0 Å². The van der Waals surface area contributed by atoms with Crippen molar-refractivity contribution in [1.29, 1.82) is 0 Å². The summed E-state index contributed by atoms with van der Waals surface area (Å²) >= 11 is 0. The summed E-state index contributed by atoms with van der Waals surface area (Å²) in [5, 5.41) is 0. The molecule has 1 amide bonds. The maximum atomic E-state index is 12.0. The van der Waals surface area contributed by atoms with Crippen LogP contribution in [0.5, 0.6) is 0 Å². The topological polar surface area (TPSA) is 81.3 Å². The summed E-state index contributed by atoms with van der Waals surface area (Å²) in [5.41, 5.74) is 6.11. The van der Waals surface area contributed by atoms with Crippen molar-refractivity contribution < 1.29 is 9.53 Å². The predicted molar refractivity (Wildman–Crippen MR) is 76.2 cm³/mol. The van der Waals surface area contributed by atoms with Crippen molar-refractivity contribution in [2.24, 2.45) is 0 Å². The molecule has 0 bridgehead atoms. The standard InChI is InChI=1S/C14H22N4O2/c1-14(2,3)20-13(19)18-8-5-10(6-9-18)11-4-7-16-12(15)17-11/h4,7,10H,5-6,8-9H2,1-3H3,(H2,15,16,17). The lowest BCUT2D eigenvalue weighted by Crippen LogP contribution is -2.41. The van der Waals surface area contributed by atoms with E-state index in [9.17, 15) is 4.79 Å². The molecule has 0 saturated carbocycles. The van der Waals surface area contributed by atoms with Gasteiger partial charge in [-0.1, -0.05) is 0 Å².